The average Bonchev–Trinajstić information content (AvgIpc) is 2.57. The summed E-state index contributed by atoms with van der Waals surface area (Å²) in [6.07, 6.45) is 2.56. The van der Waals surface area contributed by atoms with Crippen molar-refractivity contribution in [1.29, 1.82) is 0 Å². The van der Waals surface area contributed by atoms with Crippen LogP contribution in [0.3, 0.4) is 0 Å². The van der Waals surface area contributed by atoms with Crippen LogP contribution in [0.25, 0.3) is 10.8 Å². The van der Waals surface area contributed by atoms with Gasteiger partial charge in [-0.15, -0.1) is 0 Å². The molecule has 1 aromatic heterocycles. The van der Waals surface area contributed by atoms with Crippen LogP contribution in [0.4, 0.5) is 5.82 Å². The van der Waals surface area contributed by atoms with Gasteiger partial charge in [0.1, 0.15) is 0 Å². The molecule has 3 aromatic rings. The number of nitrogens with one attached hydrogen (secondary N) is 2. The van der Waals surface area contributed by atoms with Crippen LogP contribution in [0.1, 0.15) is 5.56 Å². The van der Waals surface area contributed by atoms with E-state index < -0.39 is 0 Å². The average molecular weight is 342 g/mol. The minimum absolute atomic E-state index is 0.520. The third-order valence-electron chi connectivity index (χ3n) is 3.50. The lowest BCUT2D eigenvalue weighted by Gasteiger charge is -2.11. The Kier molecular flexibility index (Phi) is 5.05. The molecule has 2 aromatic carbocycles. The summed E-state index contributed by atoms with van der Waals surface area (Å²) in [7, 11) is 0. The van der Waals surface area contributed by atoms with Crippen LogP contribution in [0.2, 0.25) is 5.02 Å². The van der Waals surface area contributed by atoms with Gasteiger partial charge in [-0.05, 0) is 47.1 Å². The van der Waals surface area contributed by atoms with Crippen molar-refractivity contribution in [3.05, 3.63) is 71.4 Å². The van der Waals surface area contributed by atoms with Crippen molar-refractivity contribution in [3.63, 3.8) is 0 Å². The molecule has 0 spiro atoms. The summed E-state index contributed by atoms with van der Waals surface area (Å²) in [5, 5.41) is 9.76. The standard InChI is InChI=1S/C18H16ClN3S/c19-16-6-3-10-20-17(16)22-18(23)21-11-9-13-7-8-14-4-1-2-5-15(14)12-13/h1-8,10,12H,9,11H2,(H2,20,21,22,23). The minimum Gasteiger partial charge on any atom is -0.362 e. The van der Waals surface area contributed by atoms with Crippen molar-refractivity contribution in [2.75, 3.05) is 11.9 Å². The number of pyridine rings is 1. The van der Waals surface area contributed by atoms with Gasteiger partial charge >= 0.3 is 0 Å². The zero-order valence-corrected chi connectivity index (χ0v) is 14.0. The number of anilines is 1. The number of hydrogen-bond donors (Lipinski definition) is 2. The first-order valence-corrected chi connectivity index (χ1v) is 8.14. The molecule has 0 unspecified atom stereocenters. The lowest BCUT2D eigenvalue weighted by molar-refractivity contribution is 0.874. The van der Waals surface area contributed by atoms with Gasteiger partial charge < -0.3 is 10.6 Å². The van der Waals surface area contributed by atoms with Crippen molar-refractivity contribution < 1.29 is 0 Å². The summed E-state index contributed by atoms with van der Waals surface area (Å²) < 4.78 is 0. The molecule has 0 amide bonds. The summed E-state index contributed by atoms with van der Waals surface area (Å²) in [6, 6.07) is 18.4. The molecule has 2 N–H and O–H groups in total. The molecule has 23 heavy (non-hydrogen) atoms. The molecule has 0 saturated heterocycles. The lowest BCUT2D eigenvalue weighted by atomic mass is 10.1. The molecule has 1 heterocycles. The predicted octanol–water partition coefficient (Wildman–Crippen LogP) is 4.42. The van der Waals surface area contributed by atoms with Gasteiger partial charge in [-0.25, -0.2) is 4.98 Å². The minimum atomic E-state index is 0.520. The Bertz CT molecular complexity index is 835. The van der Waals surface area contributed by atoms with Gasteiger partial charge in [0.05, 0.1) is 5.02 Å². The quantitative estimate of drug-likeness (QED) is 0.689. The van der Waals surface area contributed by atoms with Gasteiger partial charge in [-0.3, -0.25) is 0 Å². The van der Waals surface area contributed by atoms with Crippen molar-refractivity contribution in [2.45, 2.75) is 6.42 Å². The predicted molar refractivity (Wildman–Crippen MR) is 101 cm³/mol. The van der Waals surface area contributed by atoms with E-state index in [2.05, 4.69) is 58.1 Å². The van der Waals surface area contributed by atoms with Crippen LogP contribution in [0, 0.1) is 0 Å². The van der Waals surface area contributed by atoms with Gasteiger partial charge in [-0.1, -0.05) is 54.1 Å². The Balaban J connectivity index is 1.54. The Hall–Kier alpha value is -2.17. The zero-order chi connectivity index (χ0) is 16.1. The molecule has 3 nitrogen and oxygen atoms in total. The lowest BCUT2D eigenvalue weighted by Crippen LogP contribution is -2.30. The SMILES string of the molecule is S=C(NCCc1ccc2ccccc2c1)Nc1ncccc1Cl. The van der Waals surface area contributed by atoms with Crippen LogP contribution < -0.4 is 10.6 Å². The number of aromatic nitrogens is 1. The van der Waals surface area contributed by atoms with E-state index in [0.717, 1.165) is 13.0 Å². The molecule has 0 aliphatic rings. The third-order valence-corrected chi connectivity index (χ3v) is 4.05. The second kappa shape index (κ2) is 7.40. The maximum absolute atomic E-state index is 6.04. The maximum Gasteiger partial charge on any atom is 0.171 e. The van der Waals surface area contributed by atoms with Crippen molar-refractivity contribution in [2.24, 2.45) is 0 Å². The number of nitrogens with zero attached hydrogens (tertiary/aromatic N) is 1. The van der Waals surface area contributed by atoms with E-state index in [1.807, 2.05) is 0 Å². The second-order valence-corrected chi connectivity index (χ2v) is 5.96. The van der Waals surface area contributed by atoms with Crippen LogP contribution in [0.5, 0.6) is 0 Å². The molecule has 0 radical (unpaired) electrons. The highest BCUT2D eigenvalue weighted by molar-refractivity contribution is 7.80. The molecule has 0 fully saturated rings. The van der Waals surface area contributed by atoms with Crippen LogP contribution in [-0.4, -0.2) is 16.6 Å². The molecular weight excluding hydrogens is 326 g/mol. The normalized spacial score (nSPS) is 10.5. The summed E-state index contributed by atoms with van der Waals surface area (Å²) >= 11 is 11.3. The fourth-order valence-corrected chi connectivity index (χ4v) is 2.71. The van der Waals surface area contributed by atoms with Gasteiger partial charge in [0.25, 0.3) is 0 Å². The van der Waals surface area contributed by atoms with Gasteiger partial charge in [0.15, 0.2) is 10.9 Å². The molecular formula is C18H16ClN3S. The number of halogens is 1. The fraction of sp³-hybridized carbons (Fsp3) is 0.111. The van der Waals surface area contributed by atoms with Crippen molar-refractivity contribution in [3.8, 4) is 0 Å². The zero-order valence-electron chi connectivity index (χ0n) is 12.4. The number of rotatable bonds is 4. The number of hydrogen-bond acceptors (Lipinski definition) is 2. The fourth-order valence-electron chi connectivity index (χ4n) is 2.34. The van der Waals surface area contributed by atoms with Crippen LogP contribution in [-0.2, 0) is 6.42 Å². The Morgan fingerprint density at radius 3 is 2.70 bits per heavy atom. The molecule has 0 bridgehead atoms. The highest BCUT2D eigenvalue weighted by Crippen LogP contribution is 2.17. The van der Waals surface area contributed by atoms with E-state index in [1.54, 1.807) is 18.3 Å². The smallest absolute Gasteiger partial charge is 0.171 e. The Labute approximate surface area is 145 Å². The van der Waals surface area contributed by atoms with E-state index >= 15 is 0 Å². The van der Waals surface area contributed by atoms with Gasteiger partial charge in [0.2, 0.25) is 0 Å². The summed E-state index contributed by atoms with van der Waals surface area (Å²) in [4.78, 5) is 4.15. The largest absolute Gasteiger partial charge is 0.362 e. The van der Waals surface area contributed by atoms with E-state index in [0.29, 0.717) is 16.0 Å². The number of thiocarbonyl (C=S) groups is 1. The first-order valence-electron chi connectivity index (χ1n) is 7.35. The topological polar surface area (TPSA) is 37.0 Å². The second-order valence-electron chi connectivity index (χ2n) is 5.15. The van der Waals surface area contributed by atoms with E-state index in [9.17, 15) is 0 Å². The van der Waals surface area contributed by atoms with Gasteiger partial charge in [0, 0.05) is 12.7 Å². The van der Waals surface area contributed by atoms with E-state index in [4.69, 9.17) is 23.8 Å². The summed E-state index contributed by atoms with van der Waals surface area (Å²) in [5.74, 6) is 0.567. The highest BCUT2D eigenvalue weighted by Gasteiger charge is 2.03. The van der Waals surface area contributed by atoms with E-state index in [1.165, 1.54) is 16.3 Å². The van der Waals surface area contributed by atoms with Crippen molar-refractivity contribution >= 4 is 45.5 Å². The maximum atomic E-state index is 6.04. The summed E-state index contributed by atoms with van der Waals surface area (Å²) in [5.41, 5.74) is 1.27. The first-order chi connectivity index (χ1) is 11.2. The molecule has 0 aliphatic heterocycles. The van der Waals surface area contributed by atoms with E-state index in [-0.39, 0.29) is 0 Å². The molecule has 116 valence electrons. The molecule has 0 aliphatic carbocycles. The molecule has 0 saturated carbocycles. The van der Waals surface area contributed by atoms with Crippen LogP contribution >= 0.6 is 23.8 Å². The third kappa shape index (κ3) is 4.18. The summed E-state index contributed by atoms with van der Waals surface area (Å²) in [6.45, 7) is 0.745. The number of fused-ring (bicyclic) bond motifs is 1. The molecule has 0 atom stereocenters. The first kappa shape index (κ1) is 15.7. The molecule has 3 rings (SSSR count). The highest BCUT2D eigenvalue weighted by atomic mass is 35.5. The Morgan fingerprint density at radius 1 is 1.04 bits per heavy atom. The van der Waals surface area contributed by atoms with Crippen LogP contribution in [0.15, 0.2) is 60.8 Å². The Morgan fingerprint density at radius 2 is 1.87 bits per heavy atom. The molecule has 5 heteroatoms. The number of benzene rings is 2. The van der Waals surface area contributed by atoms with Crippen molar-refractivity contribution in [1.82, 2.24) is 10.3 Å². The van der Waals surface area contributed by atoms with Gasteiger partial charge in [-0.2, -0.15) is 0 Å². The monoisotopic (exact) mass is 341 g/mol.